The molecule has 1 heterocycles. The molecule has 0 amide bonds. The molecule has 0 saturated heterocycles. The number of benzene rings is 1. The van der Waals surface area contributed by atoms with Crippen LogP contribution < -0.4 is 4.74 Å². The summed E-state index contributed by atoms with van der Waals surface area (Å²) in [6.07, 6.45) is 0.427. The van der Waals surface area contributed by atoms with E-state index in [9.17, 15) is 4.79 Å². The first-order valence-electron chi connectivity index (χ1n) is 3.93. The van der Waals surface area contributed by atoms with E-state index < -0.39 is 7.82 Å². The maximum atomic E-state index is 10.7. The normalized spacial score (nSPS) is 13.7. The molecule has 1 aromatic carbocycles. The SMILES string of the molecule is O=C1Cc2ccccc2O1.O=P(O)(O)O. The van der Waals surface area contributed by atoms with Gasteiger partial charge < -0.3 is 19.4 Å². The van der Waals surface area contributed by atoms with Gasteiger partial charge >= 0.3 is 13.8 Å². The number of carbonyl (C=O) groups excluding carboxylic acids is 1. The monoisotopic (exact) mass is 232 g/mol. The molecule has 0 spiro atoms. The van der Waals surface area contributed by atoms with E-state index in [0.717, 1.165) is 5.56 Å². The molecule has 0 radical (unpaired) electrons. The van der Waals surface area contributed by atoms with E-state index in [1.807, 2.05) is 18.2 Å². The van der Waals surface area contributed by atoms with Crippen molar-refractivity contribution in [3.8, 4) is 5.75 Å². The minimum Gasteiger partial charge on any atom is -0.426 e. The largest absolute Gasteiger partial charge is 0.466 e. The van der Waals surface area contributed by atoms with Crippen molar-refractivity contribution in [2.45, 2.75) is 6.42 Å². The Balaban J connectivity index is 0.000000195. The molecule has 0 fully saturated rings. The van der Waals surface area contributed by atoms with Crippen LogP contribution in [-0.2, 0) is 15.8 Å². The highest BCUT2D eigenvalue weighted by molar-refractivity contribution is 7.45. The second kappa shape index (κ2) is 4.55. The topological polar surface area (TPSA) is 104 Å². The molecule has 1 aromatic rings. The van der Waals surface area contributed by atoms with Crippen LogP contribution in [0.2, 0.25) is 0 Å². The first-order chi connectivity index (χ1) is 6.86. The lowest BCUT2D eigenvalue weighted by Crippen LogP contribution is -1.99. The molecule has 15 heavy (non-hydrogen) atoms. The average molecular weight is 232 g/mol. The van der Waals surface area contributed by atoms with Crippen molar-refractivity contribution in [1.82, 2.24) is 0 Å². The summed E-state index contributed by atoms with van der Waals surface area (Å²) in [5.41, 5.74) is 0.993. The molecule has 0 aromatic heterocycles. The summed E-state index contributed by atoms with van der Waals surface area (Å²) in [6, 6.07) is 7.47. The molecule has 7 heteroatoms. The summed E-state index contributed by atoms with van der Waals surface area (Å²) < 4.78 is 13.7. The Morgan fingerprint density at radius 3 is 2.27 bits per heavy atom. The molecule has 0 unspecified atom stereocenters. The number of ether oxygens (including phenoxy) is 1. The molecule has 6 nitrogen and oxygen atoms in total. The van der Waals surface area contributed by atoms with Crippen molar-refractivity contribution < 1.29 is 28.8 Å². The molecule has 0 bridgehead atoms. The Bertz CT molecular complexity index is 374. The molecule has 82 valence electrons. The van der Waals surface area contributed by atoms with Gasteiger partial charge in [-0.3, -0.25) is 4.79 Å². The highest BCUT2D eigenvalue weighted by Gasteiger charge is 2.18. The van der Waals surface area contributed by atoms with E-state index in [0.29, 0.717) is 12.2 Å². The minimum absolute atomic E-state index is 0.152. The van der Waals surface area contributed by atoms with Gasteiger partial charge in [0.1, 0.15) is 5.75 Å². The van der Waals surface area contributed by atoms with Gasteiger partial charge in [0.25, 0.3) is 0 Å². The number of phosphoric acid groups is 1. The van der Waals surface area contributed by atoms with Crippen LogP contribution in [0.4, 0.5) is 0 Å². The summed E-state index contributed by atoms with van der Waals surface area (Å²) in [6.45, 7) is 0. The Kier molecular flexibility index (Phi) is 3.60. The zero-order valence-electron chi connectivity index (χ0n) is 7.53. The molecule has 0 aliphatic carbocycles. The molecular formula is C8H9O6P. The Hall–Kier alpha value is -1.20. The number of hydrogen-bond acceptors (Lipinski definition) is 3. The summed E-state index contributed by atoms with van der Waals surface area (Å²) >= 11 is 0. The summed E-state index contributed by atoms with van der Waals surface area (Å²) in [5.74, 6) is 0.564. The molecule has 2 rings (SSSR count). The van der Waals surface area contributed by atoms with Gasteiger partial charge in [-0.05, 0) is 6.07 Å². The van der Waals surface area contributed by atoms with Crippen molar-refractivity contribution in [3.05, 3.63) is 29.8 Å². The van der Waals surface area contributed by atoms with Crippen LogP contribution in [0.3, 0.4) is 0 Å². The molecule has 1 aliphatic heterocycles. The lowest BCUT2D eigenvalue weighted by atomic mass is 10.2. The van der Waals surface area contributed by atoms with Crippen molar-refractivity contribution in [2.24, 2.45) is 0 Å². The third-order valence-corrected chi connectivity index (χ3v) is 1.53. The van der Waals surface area contributed by atoms with E-state index in [2.05, 4.69) is 0 Å². The minimum atomic E-state index is -4.64. The van der Waals surface area contributed by atoms with E-state index in [1.165, 1.54) is 0 Å². The predicted molar refractivity (Wildman–Crippen MR) is 50.0 cm³/mol. The van der Waals surface area contributed by atoms with Crippen molar-refractivity contribution in [2.75, 3.05) is 0 Å². The van der Waals surface area contributed by atoms with Gasteiger partial charge in [-0.1, -0.05) is 18.2 Å². The van der Waals surface area contributed by atoms with Gasteiger partial charge in [0.05, 0.1) is 6.42 Å². The first-order valence-corrected chi connectivity index (χ1v) is 5.49. The maximum absolute atomic E-state index is 10.7. The lowest BCUT2D eigenvalue weighted by Gasteiger charge is -1.91. The quantitative estimate of drug-likeness (QED) is 0.336. The smallest absolute Gasteiger partial charge is 0.426 e. The van der Waals surface area contributed by atoms with E-state index in [4.69, 9.17) is 24.0 Å². The second-order valence-electron chi connectivity index (χ2n) is 2.77. The molecule has 0 atom stereocenters. The Labute approximate surface area is 85.4 Å². The van der Waals surface area contributed by atoms with Crippen LogP contribution in [0.5, 0.6) is 5.75 Å². The Morgan fingerprint density at radius 2 is 1.73 bits per heavy atom. The predicted octanol–water partition coefficient (Wildman–Crippen LogP) is 0.219. The second-order valence-corrected chi connectivity index (χ2v) is 3.80. The van der Waals surface area contributed by atoms with E-state index in [-0.39, 0.29) is 5.97 Å². The fraction of sp³-hybridized carbons (Fsp3) is 0.125. The van der Waals surface area contributed by atoms with Gasteiger partial charge in [-0.25, -0.2) is 4.57 Å². The first kappa shape index (κ1) is 11.9. The van der Waals surface area contributed by atoms with E-state index in [1.54, 1.807) is 6.07 Å². The number of hydrogen-bond donors (Lipinski definition) is 3. The maximum Gasteiger partial charge on any atom is 0.466 e. The standard InChI is InChI=1S/C8H6O2.H3O4P/c9-8-5-6-3-1-2-4-7(6)10-8;1-5(2,3)4/h1-4H,5H2;(H3,1,2,3,4). The van der Waals surface area contributed by atoms with Crippen LogP contribution in [0.25, 0.3) is 0 Å². The fourth-order valence-corrected chi connectivity index (χ4v) is 1.06. The van der Waals surface area contributed by atoms with Crippen LogP contribution in [0.1, 0.15) is 5.56 Å². The van der Waals surface area contributed by atoms with Crippen molar-refractivity contribution >= 4 is 13.8 Å². The number of carbonyl (C=O) groups is 1. The summed E-state index contributed by atoms with van der Waals surface area (Å²) in [7, 11) is -4.64. The van der Waals surface area contributed by atoms with Gasteiger partial charge in [0.2, 0.25) is 0 Å². The molecular weight excluding hydrogens is 223 g/mol. The number of fused-ring (bicyclic) bond motifs is 1. The zero-order valence-corrected chi connectivity index (χ0v) is 8.42. The third-order valence-electron chi connectivity index (χ3n) is 1.53. The van der Waals surface area contributed by atoms with Crippen LogP contribution in [0.15, 0.2) is 24.3 Å². The van der Waals surface area contributed by atoms with Gasteiger partial charge in [-0.2, -0.15) is 0 Å². The summed E-state index contributed by atoms with van der Waals surface area (Å²) in [5, 5.41) is 0. The van der Waals surface area contributed by atoms with Crippen molar-refractivity contribution in [1.29, 1.82) is 0 Å². The van der Waals surface area contributed by atoms with E-state index >= 15 is 0 Å². The van der Waals surface area contributed by atoms with Gasteiger partial charge in [0, 0.05) is 5.56 Å². The van der Waals surface area contributed by atoms with Crippen LogP contribution >= 0.6 is 7.82 Å². The Morgan fingerprint density at radius 1 is 1.20 bits per heavy atom. The van der Waals surface area contributed by atoms with Gasteiger partial charge in [0.15, 0.2) is 0 Å². The van der Waals surface area contributed by atoms with Crippen LogP contribution in [0, 0.1) is 0 Å². The number of esters is 1. The highest BCUT2D eigenvalue weighted by Crippen LogP contribution is 2.26. The fourth-order valence-electron chi connectivity index (χ4n) is 1.06. The molecule has 3 N–H and O–H groups in total. The van der Waals surface area contributed by atoms with Crippen molar-refractivity contribution in [3.63, 3.8) is 0 Å². The average Bonchev–Trinajstić information content (AvgIpc) is 2.40. The number of para-hydroxylation sites is 1. The van der Waals surface area contributed by atoms with Gasteiger partial charge in [-0.15, -0.1) is 0 Å². The molecule has 0 saturated carbocycles. The zero-order chi connectivity index (χ0) is 11.5. The number of rotatable bonds is 0. The highest BCUT2D eigenvalue weighted by atomic mass is 31.2. The molecule has 1 aliphatic rings. The van der Waals surface area contributed by atoms with Crippen LogP contribution in [-0.4, -0.2) is 20.6 Å². The lowest BCUT2D eigenvalue weighted by molar-refractivity contribution is -0.131. The third kappa shape index (κ3) is 4.71. The summed E-state index contributed by atoms with van der Waals surface area (Å²) in [4.78, 5) is 32.2.